The van der Waals surface area contributed by atoms with Crippen molar-refractivity contribution in [2.45, 2.75) is 19.5 Å². The third-order valence-electron chi connectivity index (χ3n) is 5.02. The summed E-state index contributed by atoms with van der Waals surface area (Å²) in [6, 6.07) is 12.2. The van der Waals surface area contributed by atoms with Crippen LogP contribution in [0.3, 0.4) is 0 Å². The first-order valence-electron chi connectivity index (χ1n) is 9.74. The van der Waals surface area contributed by atoms with Crippen LogP contribution >= 0.6 is 0 Å². The Morgan fingerprint density at radius 1 is 1.19 bits per heavy atom. The van der Waals surface area contributed by atoms with Crippen molar-refractivity contribution < 1.29 is 19.0 Å². The Morgan fingerprint density at radius 2 is 1.90 bits per heavy atom. The van der Waals surface area contributed by atoms with Crippen molar-refractivity contribution in [2.75, 3.05) is 28.8 Å². The smallest absolute Gasteiger partial charge is 0.330 e. The van der Waals surface area contributed by atoms with E-state index in [1.807, 2.05) is 0 Å². The van der Waals surface area contributed by atoms with Crippen LogP contribution in [0.4, 0.5) is 32.3 Å². The Bertz CT molecular complexity index is 1080. The lowest BCUT2D eigenvalue weighted by atomic mass is 10.1. The molecule has 0 saturated carbocycles. The van der Waals surface area contributed by atoms with Gasteiger partial charge in [0.15, 0.2) is 0 Å². The number of carbonyl (C=O) groups is 1. The highest BCUT2D eigenvalue weighted by Crippen LogP contribution is 2.33. The van der Waals surface area contributed by atoms with E-state index in [0.717, 1.165) is 5.56 Å². The van der Waals surface area contributed by atoms with Crippen molar-refractivity contribution in [3.05, 3.63) is 66.1 Å². The second-order valence-electron chi connectivity index (χ2n) is 7.14. The summed E-state index contributed by atoms with van der Waals surface area (Å²) in [5, 5.41) is 12.8. The van der Waals surface area contributed by atoms with Crippen molar-refractivity contribution in [1.82, 2.24) is 9.97 Å². The minimum atomic E-state index is -0.499. The molecule has 0 radical (unpaired) electrons. The van der Waals surface area contributed by atoms with E-state index in [1.54, 1.807) is 61.5 Å². The van der Waals surface area contributed by atoms with Crippen LogP contribution in [0, 0.1) is 5.82 Å². The molecule has 1 atom stereocenters. The van der Waals surface area contributed by atoms with Crippen molar-refractivity contribution >= 4 is 29.2 Å². The quantitative estimate of drug-likeness (QED) is 0.628. The van der Waals surface area contributed by atoms with Crippen LogP contribution in [0.15, 0.2) is 54.7 Å². The molecule has 1 aliphatic rings. The summed E-state index contributed by atoms with van der Waals surface area (Å²) in [4.78, 5) is 25.3. The summed E-state index contributed by atoms with van der Waals surface area (Å²) in [7, 11) is 1.58. The number of nitrogens with one attached hydrogen (secondary N) is 1. The fourth-order valence-corrected chi connectivity index (χ4v) is 3.34. The van der Waals surface area contributed by atoms with E-state index in [9.17, 15) is 14.3 Å². The summed E-state index contributed by atoms with van der Waals surface area (Å²) >= 11 is 0. The second-order valence-corrected chi connectivity index (χ2v) is 7.14. The molecular formula is C22H22FN5O3. The molecule has 2 amide bonds. The normalized spacial score (nSPS) is 14.3. The van der Waals surface area contributed by atoms with Gasteiger partial charge in [-0.3, -0.25) is 9.80 Å². The highest BCUT2D eigenvalue weighted by Gasteiger charge is 2.35. The number of hydrogen-bond donors (Lipinski definition) is 2. The largest absolute Gasteiger partial charge is 0.497 e. The van der Waals surface area contributed by atoms with Gasteiger partial charge in [-0.05, 0) is 55.5 Å². The number of ether oxygens (including phenoxy) is 1. The molecule has 3 aromatic rings. The molecule has 8 nitrogen and oxygen atoms in total. The molecule has 0 aliphatic carbocycles. The minimum absolute atomic E-state index is 0.230. The Hall–Kier alpha value is -3.72. The van der Waals surface area contributed by atoms with Gasteiger partial charge in [0.2, 0.25) is 5.95 Å². The van der Waals surface area contributed by atoms with Crippen LogP contribution in [-0.2, 0) is 6.54 Å². The van der Waals surface area contributed by atoms with Gasteiger partial charge >= 0.3 is 6.03 Å². The summed E-state index contributed by atoms with van der Waals surface area (Å²) < 4.78 is 18.3. The molecule has 2 N–H and O–H groups in total. The predicted octanol–water partition coefficient (Wildman–Crippen LogP) is 3.70. The molecule has 1 aromatic heterocycles. The average Bonchev–Trinajstić information content (AvgIpc) is 2.80. The van der Waals surface area contributed by atoms with Crippen LogP contribution < -0.4 is 19.9 Å². The maximum absolute atomic E-state index is 13.3. The molecule has 0 unspecified atom stereocenters. The topological polar surface area (TPSA) is 90.8 Å². The number of urea groups is 1. The zero-order valence-electron chi connectivity index (χ0n) is 17.1. The van der Waals surface area contributed by atoms with Gasteiger partial charge in [-0.15, -0.1) is 0 Å². The standard InChI is InChI=1S/C22H22FN5O3/c1-14(13-29)28-20-15(11-24-21(26-20)25-17-5-3-16(23)4-6-17)12-27(22(28)30)18-7-9-19(31-2)10-8-18/h3-11,14,29H,12-13H2,1-2H3,(H,24,25,26)/t14-/m0/s1. The van der Waals surface area contributed by atoms with Crippen molar-refractivity contribution in [3.63, 3.8) is 0 Å². The van der Waals surface area contributed by atoms with Gasteiger partial charge in [0, 0.05) is 23.1 Å². The molecule has 0 bridgehead atoms. The van der Waals surface area contributed by atoms with Gasteiger partial charge in [0.25, 0.3) is 0 Å². The number of carbonyl (C=O) groups excluding carboxylic acids is 1. The number of benzene rings is 2. The van der Waals surface area contributed by atoms with E-state index in [4.69, 9.17) is 4.74 Å². The van der Waals surface area contributed by atoms with Crippen molar-refractivity contribution in [3.8, 4) is 5.75 Å². The fraction of sp³-hybridized carbons (Fsp3) is 0.227. The summed E-state index contributed by atoms with van der Waals surface area (Å²) in [5.74, 6) is 1.04. The number of aliphatic hydroxyl groups is 1. The summed E-state index contributed by atoms with van der Waals surface area (Å²) in [5.41, 5.74) is 2.05. The average molecular weight is 423 g/mol. The highest BCUT2D eigenvalue weighted by molar-refractivity contribution is 6.05. The molecule has 0 fully saturated rings. The van der Waals surface area contributed by atoms with Gasteiger partial charge in [-0.2, -0.15) is 4.98 Å². The van der Waals surface area contributed by atoms with E-state index in [1.165, 1.54) is 17.0 Å². The molecule has 2 aromatic carbocycles. The Morgan fingerprint density at radius 3 is 2.55 bits per heavy atom. The van der Waals surface area contributed by atoms with E-state index < -0.39 is 6.04 Å². The molecule has 2 heterocycles. The predicted molar refractivity (Wildman–Crippen MR) is 115 cm³/mol. The van der Waals surface area contributed by atoms with Gasteiger partial charge in [0.1, 0.15) is 17.4 Å². The van der Waals surface area contributed by atoms with E-state index in [2.05, 4.69) is 15.3 Å². The molecule has 160 valence electrons. The summed E-state index contributed by atoms with van der Waals surface area (Å²) in [6.07, 6.45) is 1.65. The zero-order valence-corrected chi connectivity index (χ0v) is 17.1. The monoisotopic (exact) mass is 423 g/mol. The van der Waals surface area contributed by atoms with Gasteiger partial charge in [0.05, 0.1) is 26.3 Å². The first-order chi connectivity index (χ1) is 15.0. The van der Waals surface area contributed by atoms with E-state index >= 15 is 0 Å². The molecule has 9 heteroatoms. The number of hydrogen-bond acceptors (Lipinski definition) is 6. The Labute approximate surface area is 178 Å². The minimum Gasteiger partial charge on any atom is -0.497 e. The van der Waals surface area contributed by atoms with Gasteiger partial charge < -0.3 is 15.2 Å². The van der Waals surface area contributed by atoms with Gasteiger partial charge in [-0.25, -0.2) is 14.2 Å². The number of amides is 2. The lowest BCUT2D eigenvalue weighted by Gasteiger charge is -2.38. The fourth-order valence-electron chi connectivity index (χ4n) is 3.34. The van der Waals surface area contributed by atoms with E-state index in [-0.39, 0.29) is 30.9 Å². The lowest BCUT2D eigenvalue weighted by Crippen LogP contribution is -2.52. The van der Waals surface area contributed by atoms with Crippen LogP contribution in [-0.4, -0.2) is 40.9 Å². The van der Waals surface area contributed by atoms with Crippen molar-refractivity contribution in [1.29, 1.82) is 0 Å². The first-order valence-corrected chi connectivity index (χ1v) is 9.74. The third kappa shape index (κ3) is 4.13. The maximum Gasteiger partial charge on any atom is 0.330 e. The zero-order chi connectivity index (χ0) is 22.0. The van der Waals surface area contributed by atoms with Gasteiger partial charge in [-0.1, -0.05) is 0 Å². The molecule has 31 heavy (non-hydrogen) atoms. The first kappa shape index (κ1) is 20.5. The summed E-state index contributed by atoms with van der Waals surface area (Å²) in [6.45, 7) is 1.80. The molecule has 1 aliphatic heterocycles. The SMILES string of the molecule is COc1ccc(N2Cc3cnc(Nc4ccc(F)cc4)nc3N([C@@H](C)CO)C2=O)cc1. The number of nitrogens with zero attached hydrogens (tertiary/aromatic N) is 4. The number of aliphatic hydroxyl groups excluding tert-OH is 1. The number of halogens is 1. The van der Waals surface area contributed by atoms with Crippen LogP contribution in [0.25, 0.3) is 0 Å². The number of fused-ring (bicyclic) bond motifs is 1. The molecule has 4 rings (SSSR count). The Balaban J connectivity index is 1.68. The van der Waals surface area contributed by atoms with E-state index in [0.29, 0.717) is 22.9 Å². The number of anilines is 4. The highest BCUT2D eigenvalue weighted by atomic mass is 19.1. The van der Waals surface area contributed by atoms with Crippen LogP contribution in [0.2, 0.25) is 0 Å². The van der Waals surface area contributed by atoms with Crippen LogP contribution in [0.5, 0.6) is 5.75 Å². The Kier molecular flexibility index (Phi) is 5.68. The lowest BCUT2D eigenvalue weighted by molar-refractivity contribution is 0.234. The third-order valence-corrected chi connectivity index (χ3v) is 5.02. The number of methoxy groups -OCH3 is 1. The molecular weight excluding hydrogens is 401 g/mol. The molecule has 0 saturated heterocycles. The van der Waals surface area contributed by atoms with Crippen molar-refractivity contribution in [2.24, 2.45) is 0 Å². The maximum atomic E-state index is 13.3. The second kappa shape index (κ2) is 8.57. The van der Waals surface area contributed by atoms with Crippen LogP contribution in [0.1, 0.15) is 12.5 Å². The number of aromatic nitrogens is 2. The molecule has 0 spiro atoms. The number of rotatable bonds is 6.